The third-order valence-electron chi connectivity index (χ3n) is 2.97. The molecule has 0 aliphatic heterocycles. The van der Waals surface area contributed by atoms with Crippen LogP contribution >= 0.6 is 0 Å². The van der Waals surface area contributed by atoms with Gasteiger partial charge >= 0.3 is 0 Å². The summed E-state index contributed by atoms with van der Waals surface area (Å²) in [6.45, 7) is 4.33. The summed E-state index contributed by atoms with van der Waals surface area (Å²) in [7, 11) is 0. The number of nitrogens with one attached hydrogen (secondary N) is 1. The Bertz CT molecular complexity index is 430. The summed E-state index contributed by atoms with van der Waals surface area (Å²) < 4.78 is 5.61. The highest BCUT2D eigenvalue weighted by atomic mass is 16.5. The highest BCUT2D eigenvalue weighted by Crippen LogP contribution is 2.27. The molecular weight excluding hydrogens is 228 g/mol. The number of nitrogen functional groups attached to an aromatic ring is 1. The van der Waals surface area contributed by atoms with Crippen LogP contribution in [-0.2, 0) is 4.79 Å². The third-order valence-corrected chi connectivity index (χ3v) is 2.97. The maximum atomic E-state index is 11.5. The number of rotatable bonds is 5. The molecule has 0 heterocycles. The monoisotopic (exact) mass is 248 g/mol. The largest absolute Gasteiger partial charge is 0.491 e. The number of aryl methyl sites for hydroxylation is 2. The van der Waals surface area contributed by atoms with Gasteiger partial charge in [-0.1, -0.05) is 6.07 Å². The predicted octanol–water partition coefficient (Wildman–Crippen LogP) is 1.93. The summed E-state index contributed by atoms with van der Waals surface area (Å²) in [6, 6.07) is 4.31. The second kappa shape index (κ2) is 5.29. The molecule has 1 saturated carbocycles. The molecule has 2 rings (SSSR count). The van der Waals surface area contributed by atoms with E-state index in [1.165, 1.54) is 0 Å². The summed E-state index contributed by atoms with van der Waals surface area (Å²) in [5.74, 6) is 0.751. The molecule has 0 spiro atoms. The number of carbonyl (C=O) groups is 1. The van der Waals surface area contributed by atoms with E-state index in [1.54, 1.807) is 0 Å². The van der Waals surface area contributed by atoms with Crippen LogP contribution in [0.15, 0.2) is 12.1 Å². The highest BCUT2D eigenvalue weighted by molar-refractivity contribution is 5.76. The second-order valence-corrected chi connectivity index (χ2v) is 4.94. The van der Waals surface area contributed by atoms with Gasteiger partial charge in [0.1, 0.15) is 5.75 Å². The molecule has 4 heteroatoms. The molecule has 1 amide bonds. The van der Waals surface area contributed by atoms with Gasteiger partial charge in [-0.3, -0.25) is 4.79 Å². The van der Waals surface area contributed by atoms with E-state index in [1.807, 2.05) is 26.0 Å². The third kappa shape index (κ3) is 3.39. The smallest absolute Gasteiger partial charge is 0.223 e. The molecule has 18 heavy (non-hydrogen) atoms. The zero-order chi connectivity index (χ0) is 13.1. The van der Waals surface area contributed by atoms with Crippen molar-refractivity contribution in [2.24, 2.45) is 0 Å². The lowest BCUT2D eigenvalue weighted by atomic mass is 10.1. The van der Waals surface area contributed by atoms with Gasteiger partial charge in [-0.2, -0.15) is 0 Å². The van der Waals surface area contributed by atoms with Gasteiger partial charge in [0.05, 0.1) is 18.7 Å². The number of hydrogen-bond acceptors (Lipinski definition) is 3. The van der Waals surface area contributed by atoms with Crippen LogP contribution in [-0.4, -0.2) is 18.6 Å². The van der Waals surface area contributed by atoms with Crippen molar-refractivity contribution >= 4 is 11.6 Å². The Hall–Kier alpha value is -1.71. The summed E-state index contributed by atoms with van der Waals surface area (Å²) in [4.78, 5) is 11.5. The van der Waals surface area contributed by atoms with E-state index in [4.69, 9.17) is 10.5 Å². The number of benzene rings is 1. The van der Waals surface area contributed by atoms with E-state index in [2.05, 4.69) is 5.32 Å². The second-order valence-electron chi connectivity index (χ2n) is 4.94. The van der Waals surface area contributed by atoms with Gasteiger partial charge in [0.25, 0.3) is 0 Å². The molecule has 0 radical (unpaired) electrons. The van der Waals surface area contributed by atoms with E-state index in [9.17, 15) is 4.79 Å². The van der Waals surface area contributed by atoms with E-state index >= 15 is 0 Å². The van der Waals surface area contributed by atoms with Crippen molar-refractivity contribution in [2.45, 2.75) is 39.2 Å². The fraction of sp³-hybridized carbons (Fsp3) is 0.500. The lowest BCUT2D eigenvalue weighted by Gasteiger charge is -2.12. The van der Waals surface area contributed by atoms with Crippen LogP contribution in [0.5, 0.6) is 5.75 Å². The molecule has 0 bridgehead atoms. The molecule has 0 unspecified atom stereocenters. The maximum Gasteiger partial charge on any atom is 0.223 e. The first kappa shape index (κ1) is 12.7. The quantitative estimate of drug-likeness (QED) is 0.783. The van der Waals surface area contributed by atoms with Crippen molar-refractivity contribution in [2.75, 3.05) is 12.3 Å². The minimum atomic E-state index is 0.0563. The molecule has 4 nitrogen and oxygen atoms in total. The van der Waals surface area contributed by atoms with Crippen molar-refractivity contribution in [1.82, 2.24) is 5.32 Å². The fourth-order valence-corrected chi connectivity index (χ4v) is 1.96. The Labute approximate surface area is 108 Å². The van der Waals surface area contributed by atoms with E-state index in [0.29, 0.717) is 30.5 Å². The first-order valence-corrected chi connectivity index (χ1v) is 6.35. The van der Waals surface area contributed by atoms with Crippen LogP contribution in [0.3, 0.4) is 0 Å². The van der Waals surface area contributed by atoms with Crippen molar-refractivity contribution in [3.05, 3.63) is 23.3 Å². The number of anilines is 1. The number of amides is 1. The molecule has 0 saturated heterocycles. The first-order chi connectivity index (χ1) is 8.56. The number of hydrogen-bond donors (Lipinski definition) is 2. The summed E-state index contributed by atoms with van der Waals surface area (Å²) in [5, 5.41) is 2.93. The van der Waals surface area contributed by atoms with Gasteiger partial charge in [0, 0.05) is 6.04 Å². The Morgan fingerprint density at radius 2 is 2.17 bits per heavy atom. The minimum absolute atomic E-state index is 0.0563. The van der Waals surface area contributed by atoms with Crippen LogP contribution in [0.25, 0.3) is 0 Å². The van der Waals surface area contributed by atoms with Crippen molar-refractivity contribution in [3.63, 3.8) is 0 Å². The minimum Gasteiger partial charge on any atom is -0.491 e. The molecule has 0 aromatic heterocycles. The van der Waals surface area contributed by atoms with E-state index in [0.717, 1.165) is 24.0 Å². The number of nitrogens with two attached hydrogens (primary N) is 1. The van der Waals surface area contributed by atoms with Gasteiger partial charge < -0.3 is 15.8 Å². The predicted molar refractivity (Wildman–Crippen MR) is 71.6 cm³/mol. The van der Waals surface area contributed by atoms with Gasteiger partial charge in [-0.15, -0.1) is 0 Å². The zero-order valence-corrected chi connectivity index (χ0v) is 11.0. The Kier molecular flexibility index (Phi) is 3.75. The average molecular weight is 248 g/mol. The number of ether oxygens (including phenoxy) is 1. The Morgan fingerprint density at radius 3 is 2.78 bits per heavy atom. The SMILES string of the molecule is Cc1cc(C)c(OCCC(=O)NC2CC2)c(N)c1. The van der Waals surface area contributed by atoms with Crippen LogP contribution in [0.1, 0.15) is 30.4 Å². The lowest BCUT2D eigenvalue weighted by Crippen LogP contribution is -2.26. The normalized spacial score (nSPS) is 14.3. The molecule has 1 aromatic rings. The van der Waals surface area contributed by atoms with Crippen LogP contribution < -0.4 is 15.8 Å². The molecule has 1 fully saturated rings. The fourth-order valence-electron chi connectivity index (χ4n) is 1.96. The van der Waals surface area contributed by atoms with Crippen molar-refractivity contribution < 1.29 is 9.53 Å². The highest BCUT2D eigenvalue weighted by Gasteiger charge is 2.22. The van der Waals surface area contributed by atoms with Crippen molar-refractivity contribution in [1.29, 1.82) is 0 Å². The molecular formula is C14H20N2O2. The topological polar surface area (TPSA) is 64.3 Å². The summed E-state index contributed by atoms with van der Waals surface area (Å²) in [6.07, 6.45) is 2.59. The van der Waals surface area contributed by atoms with Gasteiger partial charge in [0.15, 0.2) is 0 Å². The van der Waals surface area contributed by atoms with E-state index in [-0.39, 0.29) is 5.91 Å². The first-order valence-electron chi connectivity index (χ1n) is 6.35. The van der Waals surface area contributed by atoms with Crippen LogP contribution in [0.2, 0.25) is 0 Å². The molecule has 3 N–H and O–H groups in total. The Balaban J connectivity index is 1.84. The van der Waals surface area contributed by atoms with Gasteiger partial charge in [-0.25, -0.2) is 0 Å². The van der Waals surface area contributed by atoms with Crippen molar-refractivity contribution in [3.8, 4) is 5.75 Å². The summed E-state index contributed by atoms with van der Waals surface area (Å²) in [5.41, 5.74) is 8.66. The van der Waals surface area contributed by atoms with E-state index < -0.39 is 0 Å². The maximum absolute atomic E-state index is 11.5. The summed E-state index contributed by atoms with van der Waals surface area (Å²) >= 11 is 0. The number of carbonyl (C=O) groups excluding carboxylic acids is 1. The average Bonchev–Trinajstić information content (AvgIpc) is 3.05. The lowest BCUT2D eigenvalue weighted by molar-refractivity contribution is -0.121. The molecule has 98 valence electrons. The molecule has 1 aliphatic rings. The standard InChI is InChI=1S/C14H20N2O2/c1-9-7-10(2)14(12(15)8-9)18-6-5-13(17)16-11-3-4-11/h7-8,11H,3-6,15H2,1-2H3,(H,16,17). The van der Waals surface area contributed by atoms with Crippen LogP contribution in [0, 0.1) is 13.8 Å². The van der Waals surface area contributed by atoms with Gasteiger partial charge in [-0.05, 0) is 43.9 Å². The Morgan fingerprint density at radius 1 is 1.44 bits per heavy atom. The van der Waals surface area contributed by atoms with Gasteiger partial charge in [0.2, 0.25) is 5.91 Å². The molecule has 1 aliphatic carbocycles. The van der Waals surface area contributed by atoms with Crippen LogP contribution in [0.4, 0.5) is 5.69 Å². The zero-order valence-electron chi connectivity index (χ0n) is 11.0. The molecule has 0 atom stereocenters. The molecule has 1 aromatic carbocycles.